The van der Waals surface area contributed by atoms with Gasteiger partial charge in [-0.3, -0.25) is 9.69 Å². The molecule has 1 aliphatic heterocycles. The molecule has 1 heterocycles. The molecule has 2 rings (SSSR count). The molecule has 1 aromatic carbocycles. The molecule has 1 saturated heterocycles. The van der Waals surface area contributed by atoms with Crippen LogP contribution in [0.3, 0.4) is 0 Å². The Bertz CT molecular complexity index is 475. The Labute approximate surface area is 112 Å². The van der Waals surface area contributed by atoms with E-state index in [9.17, 15) is 9.59 Å². The summed E-state index contributed by atoms with van der Waals surface area (Å²) in [6.07, 6.45) is 0.467. The van der Waals surface area contributed by atoms with E-state index < -0.39 is 5.54 Å². The summed E-state index contributed by atoms with van der Waals surface area (Å²) in [4.78, 5) is 24.4. The number of urea groups is 1. The standard InChI is InChI=1S/C14H18N2O3/c1-14(12(17)16(2)13(18)15-14)8-9-19-10-11-6-4-3-5-7-11/h3-7H,8-10H2,1-2H3,(H,15,18). The second-order valence-corrected chi connectivity index (χ2v) is 4.91. The van der Waals surface area contributed by atoms with E-state index in [0.29, 0.717) is 19.6 Å². The lowest BCUT2D eigenvalue weighted by Crippen LogP contribution is -2.44. The van der Waals surface area contributed by atoms with Gasteiger partial charge < -0.3 is 10.1 Å². The number of nitrogens with zero attached hydrogens (tertiary/aromatic N) is 1. The molecule has 1 fully saturated rings. The number of carbonyl (C=O) groups is 2. The van der Waals surface area contributed by atoms with Gasteiger partial charge in [-0.1, -0.05) is 30.3 Å². The molecule has 1 atom stereocenters. The van der Waals surface area contributed by atoms with Crippen LogP contribution in [0.2, 0.25) is 0 Å². The summed E-state index contributed by atoms with van der Waals surface area (Å²) in [7, 11) is 1.48. The van der Waals surface area contributed by atoms with E-state index in [0.717, 1.165) is 10.5 Å². The fraction of sp³-hybridized carbons (Fsp3) is 0.429. The van der Waals surface area contributed by atoms with Gasteiger partial charge in [0.2, 0.25) is 0 Å². The molecule has 1 N–H and O–H groups in total. The zero-order chi connectivity index (χ0) is 13.9. The second-order valence-electron chi connectivity index (χ2n) is 4.91. The van der Waals surface area contributed by atoms with Gasteiger partial charge in [-0.15, -0.1) is 0 Å². The average Bonchev–Trinajstić information content (AvgIpc) is 2.60. The number of amides is 3. The molecule has 0 aliphatic carbocycles. The van der Waals surface area contributed by atoms with Crippen molar-refractivity contribution in [1.29, 1.82) is 0 Å². The summed E-state index contributed by atoms with van der Waals surface area (Å²) < 4.78 is 5.54. The van der Waals surface area contributed by atoms with Gasteiger partial charge in [-0.05, 0) is 12.5 Å². The molecular weight excluding hydrogens is 244 g/mol. The molecule has 1 unspecified atom stereocenters. The number of hydrogen-bond donors (Lipinski definition) is 1. The van der Waals surface area contributed by atoms with Gasteiger partial charge in [0.05, 0.1) is 6.61 Å². The average molecular weight is 262 g/mol. The normalized spacial score (nSPS) is 22.7. The highest BCUT2D eigenvalue weighted by atomic mass is 16.5. The summed E-state index contributed by atoms with van der Waals surface area (Å²) in [5.74, 6) is -0.208. The molecule has 5 heteroatoms. The SMILES string of the molecule is CN1C(=O)NC(C)(CCOCc2ccccc2)C1=O. The minimum atomic E-state index is -0.845. The van der Waals surface area contributed by atoms with Crippen molar-refractivity contribution in [1.82, 2.24) is 10.2 Å². The first-order valence-corrected chi connectivity index (χ1v) is 6.25. The van der Waals surface area contributed by atoms with Gasteiger partial charge in [0.15, 0.2) is 0 Å². The van der Waals surface area contributed by atoms with Crippen LogP contribution in [0.15, 0.2) is 30.3 Å². The molecule has 1 aliphatic rings. The maximum absolute atomic E-state index is 11.9. The number of rotatable bonds is 5. The third kappa shape index (κ3) is 2.93. The first-order chi connectivity index (χ1) is 9.03. The van der Waals surface area contributed by atoms with E-state index in [2.05, 4.69) is 5.32 Å². The smallest absolute Gasteiger partial charge is 0.324 e. The van der Waals surface area contributed by atoms with Crippen LogP contribution in [0, 0.1) is 0 Å². The lowest BCUT2D eigenvalue weighted by molar-refractivity contribution is -0.130. The topological polar surface area (TPSA) is 58.6 Å². The van der Waals surface area contributed by atoms with Crippen LogP contribution in [0.4, 0.5) is 4.79 Å². The fourth-order valence-electron chi connectivity index (χ4n) is 2.05. The summed E-state index contributed by atoms with van der Waals surface area (Å²) in [5.41, 5.74) is 0.245. The Morgan fingerprint density at radius 2 is 1.95 bits per heavy atom. The van der Waals surface area contributed by atoms with Crippen LogP contribution in [-0.4, -0.2) is 36.0 Å². The Morgan fingerprint density at radius 3 is 2.53 bits per heavy atom. The Kier molecular flexibility index (Phi) is 3.85. The second kappa shape index (κ2) is 5.40. The van der Waals surface area contributed by atoms with Crippen molar-refractivity contribution < 1.29 is 14.3 Å². The van der Waals surface area contributed by atoms with Crippen LogP contribution in [0.5, 0.6) is 0 Å². The van der Waals surface area contributed by atoms with Crippen molar-refractivity contribution in [3.63, 3.8) is 0 Å². The van der Waals surface area contributed by atoms with Crippen molar-refractivity contribution in [2.24, 2.45) is 0 Å². The number of imide groups is 1. The minimum absolute atomic E-state index is 0.208. The van der Waals surface area contributed by atoms with Crippen molar-refractivity contribution >= 4 is 11.9 Å². The number of carbonyl (C=O) groups excluding carboxylic acids is 2. The molecule has 102 valence electrons. The highest BCUT2D eigenvalue weighted by Gasteiger charge is 2.45. The monoisotopic (exact) mass is 262 g/mol. The fourth-order valence-corrected chi connectivity index (χ4v) is 2.05. The highest BCUT2D eigenvalue weighted by molar-refractivity contribution is 6.06. The molecule has 5 nitrogen and oxygen atoms in total. The number of likely N-dealkylation sites (N-methyl/N-ethyl adjacent to an activating group) is 1. The number of nitrogens with one attached hydrogen (secondary N) is 1. The van der Waals surface area contributed by atoms with Crippen molar-refractivity contribution in [3.05, 3.63) is 35.9 Å². The van der Waals surface area contributed by atoms with Crippen molar-refractivity contribution in [3.8, 4) is 0 Å². The number of hydrogen-bond acceptors (Lipinski definition) is 3. The van der Waals surface area contributed by atoms with Gasteiger partial charge in [-0.25, -0.2) is 4.79 Å². The third-order valence-corrected chi connectivity index (χ3v) is 3.32. The maximum atomic E-state index is 11.9. The van der Waals surface area contributed by atoms with Crippen LogP contribution >= 0.6 is 0 Å². The van der Waals surface area contributed by atoms with Crippen LogP contribution in [0.1, 0.15) is 18.9 Å². The van der Waals surface area contributed by atoms with E-state index in [1.807, 2.05) is 30.3 Å². The minimum Gasteiger partial charge on any atom is -0.377 e. The van der Waals surface area contributed by atoms with Gasteiger partial charge in [-0.2, -0.15) is 0 Å². The molecule has 19 heavy (non-hydrogen) atoms. The van der Waals surface area contributed by atoms with E-state index in [1.54, 1.807) is 6.92 Å². The third-order valence-electron chi connectivity index (χ3n) is 3.32. The summed E-state index contributed by atoms with van der Waals surface area (Å²) in [5, 5.41) is 2.69. The number of ether oxygens (including phenoxy) is 1. The molecule has 3 amide bonds. The van der Waals surface area contributed by atoms with E-state index in [-0.39, 0.29) is 11.9 Å². The van der Waals surface area contributed by atoms with Gasteiger partial charge in [0, 0.05) is 20.1 Å². The molecule has 0 spiro atoms. The number of benzene rings is 1. The molecule has 0 saturated carbocycles. The predicted octanol–water partition coefficient (Wildman–Crippen LogP) is 1.53. The zero-order valence-electron chi connectivity index (χ0n) is 11.2. The highest BCUT2D eigenvalue weighted by Crippen LogP contribution is 2.20. The van der Waals surface area contributed by atoms with Crippen LogP contribution in [-0.2, 0) is 16.1 Å². The molecule has 0 aromatic heterocycles. The van der Waals surface area contributed by atoms with Gasteiger partial charge in [0.25, 0.3) is 5.91 Å². The molecule has 0 bridgehead atoms. The summed E-state index contributed by atoms with van der Waals surface area (Å²) in [6.45, 7) is 2.66. The van der Waals surface area contributed by atoms with Crippen LogP contribution in [0.25, 0.3) is 0 Å². The lowest BCUT2D eigenvalue weighted by Gasteiger charge is -2.20. The largest absolute Gasteiger partial charge is 0.377 e. The van der Waals surface area contributed by atoms with E-state index >= 15 is 0 Å². The van der Waals surface area contributed by atoms with Crippen molar-refractivity contribution in [2.75, 3.05) is 13.7 Å². The predicted molar refractivity (Wildman–Crippen MR) is 70.4 cm³/mol. The summed E-state index contributed by atoms with van der Waals surface area (Å²) >= 11 is 0. The quantitative estimate of drug-likeness (QED) is 0.646. The van der Waals surface area contributed by atoms with Crippen molar-refractivity contribution in [2.45, 2.75) is 25.5 Å². The Hall–Kier alpha value is -1.88. The first-order valence-electron chi connectivity index (χ1n) is 6.25. The van der Waals surface area contributed by atoms with Crippen LogP contribution < -0.4 is 5.32 Å². The van der Waals surface area contributed by atoms with E-state index in [1.165, 1.54) is 7.05 Å². The summed E-state index contributed by atoms with van der Waals surface area (Å²) in [6, 6.07) is 9.48. The Balaban J connectivity index is 1.80. The lowest BCUT2D eigenvalue weighted by atomic mass is 9.99. The molecule has 0 radical (unpaired) electrons. The van der Waals surface area contributed by atoms with E-state index in [4.69, 9.17) is 4.74 Å². The van der Waals surface area contributed by atoms with Gasteiger partial charge >= 0.3 is 6.03 Å². The Morgan fingerprint density at radius 1 is 1.26 bits per heavy atom. The maximum Gasteiger partial charge on any atom is 0.324 e. The zero-order valence-corrected chi connectivity index (χ0v) is 11.2. The molecular formula is C14H18N2O3. The molecule has 1 aromatic rings. The van der Waals surface area contributed by atoms with Gasteiger partial charge in [0.1, 0.15) is 5.54 Å². The first kappa shape index (κ1) is 13.5.